The number of aromatic nitrogens is 1. The maximum Gasteiger partial charge on any atom is 0.273 e. The molecular formula is C14H17N3O2S. The van der Waals surface area contributed by atoms with E-state index in [1.165, 1.54) is 11.3 Å². The van der Waals surface area contributed by atoms with E-state index in [1.54, 1.807) is 5.38 Å². The molecule has 1 saturated carbocycles. The van der Waals surface area contributed by atoms with Crippen molar-refractivity contribution in [2.24, 2.45) is 5.73 Å². The molecule has 2 heterocycles. The molecule has 0 radical (unpaired) electrons. The number of carbonyl (C=O) groups excluding carboxylic acids is 1. The zero-order valence-corrected chi connectivity index (χ0v) is 12.2. The number of nitrogens with zero attached hydrogens (tertiary/aromatic N) is 2. The topological polar surface area (TPSA) is 72.4 Å². The van der Waals surface area contributed by atoms with E-state index >= 15 is 0 Å². The maximum absolute atomic E-state index is 12.6. The molecule has 0 aromatic carbocycles. The predicted molar refractivity (Wildman–Crippen MR) is 76.3 cm³/mol. The molecule has 0 saturated heterocycles. The summed E-state index contributed by atoms with van der Waals surface area (Å²) in [6, 6.07) is 4.15. The zero-order chi connectivity index (χ0) is 14.1. The lowest BCUT2D eigenvalue weighted by atomic mass is 10.3. The molecule has 106 valence electrons. The van der Waals surface area contributed by atoms with E-state index in [0.29, 0.717) is 24.8 Å². The molecule has 0 aliphatic heterocycles. The van der Waals surface area contributed by atoms with Crippen LogP contribution in [0.3, 0.4) is 0 Å². The summed E-state index contributed by atoms with van der Waals surface area (Å²) in [6.07, 6.45) is 2.11. The lowest BCUT2D eigenvalue weighted by Crippen LogP contribution is -2.32. The fraction of sp³-hybridized carbons (Fsp3) is 0.429. The van der Waals surface area contributed by atoms with Crippen molar-refractivity contribution in [1.29, 1.82) is 0 Å². The minimum atomic E-state index is -0.0301. The van der Waals surface area contributed by atoms with E-state index in [9.17, 15) is 4.79 Å². The van der Waals surface area contributed by atoms with E-state index in [-0.39, 0.29) is 5.91 Å². The monoisotopic (exact) mass is 291 g/mol. The Labute approximate surface area is 121 Å². The molecular weight excluding hydrogens is 274 g/mol. The Morgan fingerprint density at radius 2 is 2.35 bits per heavy atom. The number of hydrogen-bond acceptors (Lipinski definition) is 5. The summed E-state index contributed by atoms with van der Waals surface area (Å²) >= 11 is 1.43. The number of nitrogens with two attached hydrogens (primary N) is 1. The molecule has 0 spiro atoms. The van der Waals surface area contributed by atoms with Crippen LogP contribution in [0.4, 0.5) is 0 Å². The number of carbonyl (C=O) groups is 1. The molecule has 2 aromatic rings. The van der Waals surface area contributed by atoms with Crippen LogP contribution in [-0.4, -0.2) is 21.8 Å². The van der Waals surface area contributed by atoms with Crippen molar-refractivity contribution in [3.05, 3.63) is 39.7 Å². The molecule has 1 aliphatic carbocycles. The van der Waals surface area contributed by atoms with E-state index in [4.69, 9.17) is 10.2 Å². The molecule has 20 heavy (non-hydrogen) atoms. The Balaban J connectivity index is 1.77. The van der Waals surface area contributed by atoms with Crippen LogP contribution >= 0.6 is 11.3 Å². The molecule has 5 nitrogen and oxygen atoms in total. The summed E-state index contributed by atoms with van der Waals surface area (Å²) in [6.45, 7) is 2.78. The van der Waals surface area contributed by atoms with Crippen molar-refractivity contribution < 1.29 is 9.21 Å². The van der Waals surface area contributed by atoms with Gasteiger partial charge >= 0.3 is 0 Å². The second-order valence-corrected chi connectivity index (χ2v) is 5.95. The normalized spacial score (nSPS) is 14.5. The third-order valence-electron chi connectivity index (χ3n) is 3.32. The van der Waals surface area contributed by atoms with Crippen LogP contribution in [0.15, 0.2) is 21.9 Å². The van der Waals surface area contributed by atoms with Crippen LogP contribution in [0.1, 0.15) is 39.9 Å². The number of hydrogen-bond donors (Lipinski definition) is 1. The van der Waals surface area contributed by atoms with Gasteiger partial charge in [-0.3, -0.25) is 4.79 Å². The number of amides is 1. The van der Waals surface area contributed by atoms with Gasteiger partial charge in [0.15, 0.2) is 0 Å². The number of aryl methyl sites for hydroxylation is 1. The average molecular weight is 291 g/mol. The first-order chi connectivity index (χ1) is 9.67. The van der Waals surface area contributed by atoms with Crippen LogP contribution in [0.25, 0.3) is 0 Å². The molecule has 1 fully saturated rings. The molecule has 6 heteroatoms. The summed E-state index contributed by atoms with van der Waals surface area (Å²) in [5, 5.41) is 2.57. The van der Waals surface area contributed by atoms with Crippen LogP contribution in [0.2, 0.25) is 0 Å². The minimum absolute atomic E-state index is 0.0301. The van der Waals surface area contributed by atoms with Gasteiger partial charge in [0.05, 0.1) is 6.54 Å². The van der Waals surface area contributed by atoms with Crippen molar-refractivity contribution in [3.63, 3.8) is 0 Å². The summed E-state index contributed by atoms with van der Waals surface area (Å²) in [7, 11) is 0. The Bertz CT molecular complexity index is 615. The quantitative estimate of drug-likeness (QED) is 0.917. The Morgan fingerprint density at radius 1 is 1.55 bits per heavy atom. The van der Waals surface area contributed by atoms with Crippen LogP contribution in [-0.2, 0) is 13.1 Å². The first-order valence-corrected chi connectivity index (χ1v) is 7.56. The van der Waals surface area contributed by atoms with Crippen molar-refractivity contribution >= 4 is 17.2 Å². The molecule has 0 unspecified atom stereocenters. The fourth-order valence-corrected chi connectivity index (χ4v) is 2.79. The molecule has 3 rings (SSSR count). The summed E-state index contributed by atoms with van der Waals surface area (Å²) in [5.41, 5.74) is 6.04. The highest BCUT2D eigenvalue weighted by atomic mass is 32.1. The van der Waals surface area contributed by atoms with Gasteiger partial charge in [-0.1, -0.05) is 0 Å². The summed E-state index contributed by atoms with van der Waals surface area (Å²) in [5.74, 6) is 1.65. The molecule has 2 N–H and O–H groups in total. The maximum atomic E-state index is 12.6. The van der Waals surface area contributed by atoms with Crippen LogP contribution in [0.5, 0.6) is 0 Å². The highest BCUT2D eigenvalue weighted by molar-refractivity contribution is 7.09. The van der Waals surface area contributed by atoms with Gasteiger partial charge in [-0.15, -0.1) is 11.3 Å². The summed E-state index contributed by atoms with van der Waals surface area (Å²) in [4.78, 5) is 18.7. The van der Waals surface area contributed by atoms with Gasteiger partial charge in [-0.25, -0.2) is 4.98 Å². The van der Waals surface area contributed by atoms with Gasteiger partial charge < -0.3 is 15.1 Å². The van der Waals surface area contributed by atoms with Gasteiger partial charge in [-0.2, -0.15) is 0 Å². The largest absolute Gasteiger partial charge is 0.464 e. The van der Waals surface area contributed by atoms with Gasteiger partial charge in [-0.05, 0) is 31.9 Å². The van der Waals surface area contributed by atoms with Gasteiger partial charge in [0, 0.05) is 18.0 Å². The number of rotatable bonds is 5. The molecule has 2 aromatic heterocycles. The Hall–Kier alpha value is -1.66. The van der Waals surface area contributed by atoms with E-state index in [1.807, 2.05) is 24.0 Å². The predicted octanol–water partition coefficient (Wildman–Crippen LogP) is 2.31. The molecule has 0 bridgehead atoms. The van der Waals surface area contributed by atoms with E-state index < -0.39 is 0 Å². The number of thiazole rings is 1. The first-order valence-electron chi connectivity index (χ1n) is 6.68. The molecule has 0 atom stereocenters. The second-order valence-electron chi connectivity index (χ2n) is 5.01. The van der Waals surface area contributed by atoms with Crippen LogP contribution in [0, 0.1) is 6.92 Å². The van der Waals surface area contributed by atoms with Crippen molar-refractivity contribution in [1.82, 2.24) is 9.88 Å². The lowest BCUT2D eigenvalue weighted by Gasteiger charge is -2.20. The Kier molecular flexibility index (Phi) is 3.58. The highest BCUT2D eigenvalue weighted by Gasteiger charge is 2.34. The SMILES string of the molecule is Cc1ccc(CN(C(=O)c2csc(CN)n2)C2CC2)o1. The lowest BCUT2D eigenvalue weighted by molar-refractivity contribution is 0.0711. The molecule has 1 aliphatic rings. The second kappa shape index (κ2) is 5.38. The smallest absolute Gasteiger partial charge is 0.273 e. The van der Waals surface area contributed by atoms with Crippen molar-refractivity contribution in [2.45, 2.75) is 38.9 Å². The Morgan fingerprint density at radius 3 is 2.90 bits per heavy atom. The van der Waals surface area contributed by atoms with Gasteiger partial charge in [0.2, 0.25) is 0 Å². The fourth-order valence-electron chi connectivity index (χ4n) is 2.14. The van der Waals surface area contributed by atoms with E-state index in [2.05, 4.69) is 4.98 Å². The van der Waals surface area contributed by atoms with Gasteiger partial charge in [0.1, 0.15) is 22.2 Å². The zero-order valence-electron chi connectivity index (χ0n) is 11.3. The number of furan rings is 1. The third-order valence-corrected chi connectivity index (χ3v) is 4.19. The third kappa shape index (κ3) is 2.76. The minimum Gasteiger partial charge on any atom is -0.464 e. The van der Waals surface area contributed by atoms with Crippen molar-refractivity contribution in [3.8, 4) is 0 Å². The summed E-state index contributed by atoms with van der Waals surface area (Å²) < 4.78 is 5.57. The standard InChI is InChI=1S/C14H17N3O2S/c1-9-2-5-11(19-9)7-17(10-3-4-10)14(18)12-8-20-13(6-15)16-12/h2,5,8,10H,3-4,6-7,15H2,1H3. The van der Waals surface area contributed by atoms with Crippen LogP contribution < -0.4 is 5.73 Å². The first kappa shape index (κ1) is 13.3. The van der Waals surface area contributed by atoms with E-state index in [0.717, 1.165) is 29.4 Å². The molecule has 1 amide bonds. The van der Waals surface area contributed by atoms with Gasteiger partial charge in [0.25, 0.3) is 5.91 Å². The highest BCUT2D eigenvalue weighted by Crippen LogP contribution is 2.30. The van der Waals surface area contributed by atoms with Crippen molar-refractivity contribution in [2.75, 3.05) is 0 Å². The average Bonchev–Trinajstić information content (AvgIpc) is 3.02.